The fourth-order valence-electron chi connectivity index (χ4n) is 3.54. The molecule has 0 fully saturated rings. The van der Waals surface area contributed by atoms with Gasteiger partial charge in [-0.25, -0.2) is 0 Å². The molecule has 0 saturated carbocycles. The number of ether oxygens (including phenoxy) is 1. The van der Waals surface area contributed by atoms with E-state index < -0.39 is 12.1 Å². The van der Waals surface area contributed by atoms with E-state index in [1.807, 2.05) is 21.1 Å². The number of nitrogens with zero attached hydrogens (tertiary/aromatic N) is 1. The Morgan fingerprint density at radius 2 is 1.43 bits per heavy atom. The third-order valence-corrected chi connectivity index (χ3v) is 5.07. The number of hydrogen-bond acceptors (Lipinski definition) is 4. The first-order chi connectivity index (χ1) is 13.1. The quantitative estimate of drug-likeness (QED) is 0.198. The van der Waals surface area contributed by atoms with Crippen LogP contribution in [0.5, 0.6) is 0 Å². The lowest BCUT2D eigenvalue weighted by Gasteiger charge is -2.29. The average Bonchev–Trinajstić information content (AvgIpc) is 2.55. The van der Waals surface area contributed by atoms with Crippen molar-refractivity contribution in [2.24, 2.45) is 5.92 Å². The number of carboxylic acids is 1. The maximum atomic E-state index is 12.0. The highest BCUT2D eigenvalue weighted by Gasteiger charge is 2.22. The molecular formula is C23H45NO4. The Morgan fingerprint density at radius 3 is 1.96 bits per heavy atom. The average molecular weight is 400 g/mol. The van der Waals surface area contributed by atoms with Crippen molar-refractivity contribution in [3.63, 3.8) is 0 Å². The van der Waals surface area contributed by atoms with Crippen molar-refractivity contribution in [1.82, 2.24) is 0 Å². The van der Waals surface area contributed by atoms with Gasteiger partial charge >= 0.3 is 5.97 Å². The monoisotopic (exact) mass is 399 g/mol. The molecular weight excluding hydrogens is 354 g/mol. The lowest BCUT2D eigenvalue weighted by Crippen LogP contribution is -2.45. The van der Waals surface area contributed by atoms with Gasteiger partial charge in [0.05, 0.1) is 21.1 Å². The summed E-state index contributed by atoms with van der Waals surface area (Å²) in [5, 5.41) is 10.9. The summed E-state index contributed by atoms with van der Waals surface area (Å²) in [4.78, 5) is 22.9. The van der Waals surface area contributed by atoms with E-state index in [-0.39, 0.29) is 12.4 Å². The van der Waals surface area contributed by atoms with E-state index in [0.717, 1.165) is 19.3 Å². The molecule has 0 aliphatic rings. The van der Waals surface area contributed by atoms with Gasteiger partial charge in [-0.3, -0.25) is 4.79 Å². The number of aliphatic carboxylic acids is 1. The number of hydrogen-bond donors (Lipinski definition) is 0. The van der Waals surface area contributed by atoms with E-state index >= 15 is 0 Å². The van der Waals surface area contributed by atoms with Gasteiger partial charge in [-0.05, 0) is 12.3 Å². The van der Waals surface area contributed by atoms with Gasteiger partial charge in [-0.15, -0.1) is 0 Å². The first kappa shape index (κ1) is 26.9. The van der Waals surface area contributed by atoms with Crippen LogP contribution in [-0.2, 0) is 14.3 Å². The number of esters is 1. The van der Waals surface area contributed by atoms with Gasteiger partial charge in [-0.1, -0.05) is 78.1 Å². The summed E-state index contributed by atoms with van der Waals surface area (Å²) in [6.07, 6.45) is 13.2. The number of carbonyl (C=O) groups is 2. The van der Waals surface area contributed by atoms with Gasteiger partial charge in [-0.2, -0.15) is 0 Å². The molecule has 0 aromatic rings. The minimum Gasteiger partial charge on any atom is -0.550 e. The molecule has 5 nitrogen and oxygen atoms in total. The van der Waals surface area contributed by atoms with Crippen molar-refractivity contribution in [3.05, 3.63) is 0 Å². The van der Waals surface area contributed by atoms with E-state index in [1.54, 1.807) is 0 Å². The molecule has 2 unspecified atom stereocenters. The number of quaternary nitrogens is 1. The summed E-state index contributed by atoms with van der Waals surface area (Å²) < 4.78 is 5.93. The molecule has 2 atom stereocenters. The fraction of sp³-hybridized carbons (Fsp3) is 0.913. The number of rotatable bonds is 18. The van der Waals surface area contributed by atoms with Crippen molar-refractivity contribution in [2.75, 3.05) is 27.7 Å². The van der Waals surface area contributed by atoms with Crippen molar-refractivity contribution >= 4 is 11.9 Å². The second kappa shape index (κ2) is 15.8. The predicted molar refractivity (Wildman–Crippen MR) is 113 cm³/mol. The molecule has 166 valence electrons. The van der Waals surface area contributed by atoms with Crippen LogP contribution in [0, 0.1) is 5.92 Å². The summed E-state index contributed by atoms with van der Waals surface area (Å²) in [6, 6.07) is 0. The molecule has 0 aliphatic heterocycles. The standard InChI is InChI=1S/C23H45NO4/c1-6-7-8-9-10-11-12-15-20(2)16-13-14-17-23(27)28-21(18-22(25)26)19-24(3,4)5/h20-21H,6-19H2,1-5H3. The molecule has 28 heavy (non-hydrogen) atoms. The van der Waals surface area contributed by atoms with Crippen LogP contribution in [0.3, 0.4) is 0 Å². The van der Waals surface area contributed by atoms with E-state index in [0.29, 0.717) is 23.4 Å². The summed E-state index contributed by atoms with van der Waals surface area (Å²) >= 11 is 0. The molecule has 5 heteroatoms. The van der Waals surface area contributed by atoms with Crippen LogP contribution in [0.2, 0.25) is 0 Å². The lowest BCUT2D eigenvalue weighted by molar-refractivity contribution is -0.873. The van der Waals surface area contributed by atoms with Crippen LogP contribution in [0.4, 0.5) is 0 Å². The van der Waals surface area contributed by atoms with Crippen LogP contribution < -0.4 is 5.11 Å². The van der Waals surface area contributed by atoms with Crippen LogP contribution in [0.1, 0.15) is 97.3 Å². The van der Waals surface area contributed by atoms with Crippen LogP contribution >= 0.6 is 0 Å². The van der Waals surface area contributed by atoms with Crippen LogP contribution in [-0.4, -0.2) is 50.2 Å². The maximum absolute atomic E-state index is 12.0. The molecule has 0 amide bonds. The summed E-state index contributed by atoms with van der Waals surface area (Å²) in [7, 11) is 5.84. The Kier molecular flexibility index (Phi) is 15.2. The normalized spacial score (nSPS) is 13.9. The Labute approximate surface area is 173 Å². The molecule has 0 heterocycles. The number of carboxylic acid groups (broad SMARTS) is 1. The third kappa shape index (κ3) is 18.3. The summed E-state index contributed by atoms with van der Waals surface area (Å²) in [5.74, 6) is -0.763. The zero-order valence-corrected chi connectivity index (χ0v) is 19.1. The molecule has 0 rings (SSSR count). The smallest absolute Gasteiger partial charge is 0.306 e. The highest BCUT2D eigenvalue weighted by Crippen LogP contribution is 2.18. The zero-order valence-electron chi connectivity index (χ0n) is 19.1. The Morgan fingerprint density at radius 1 is 0.893 bits per heavy atom. The van der Waals surface area contributed by atoms with Crippen LogP contribution in [0.25, 0.3) is 0 Å². The van der Waals surface area contributed by atoms with Gasteiger partial charge < -0.3 is 19.1 Å². The maximum Gasteiger partial charge on any atom is 0.306 e. The first-order valence-electron chi connectivity index (χ1n) is 11.3. The molecule has 0 aliphatic carbocycles. The van der Waals surface area contributed by atoms with E-state index in [2.05, 4.69) is 13.8 Å². The van der Waals surface area contributed by atoms with Gasteiger partial charge in [0.2, 0.25) is 0 Å². The Hall–Kier alpha value is -1.10. The summed E-state index contributed by atoms with van der Waals surface area (Å²) in [6.45, 7) is 5.01. The van der Waals surface area contributed by atoms with Gasteiger partial charge in [0, 0.05) is 18.8 Å². The van der Waals surface area contributed by atoms with Gasteiger partial charge in [0.1, 0.15) is 6.54 Å². The molecule has 0 radical (unpaired) electrons. The molecule has 0 N–H and O–H groups in total. The number of likely N-dealkylation sites (N-methyl/N-ethyl adjacent to an activating group) is 1. The number of unbranched alkanes of at least 4 members (excludes halogenated alkanes) is 7. The van der Waals surface area contributed by atoms with Gasteiger partial charge in [0.15, 0.2) is 6.10 Å². The highest BCUT2D eigenvalue weighted by atomic mass is 16.5. The largest absolute Gasteiger partial charge is 0.550 e. The van der Waals surface area contributed by atoms with Crippen molar-refractivity contribution in [2.45, 2.75) is 103 Å². The lowest BCUT2D eigenvalue weighted by atomic mass is 9.96. The van der Waals surface area contributed by atoms with Crippen LogP contribution in [0.15, 0.2) is 0 Å². The van der Waals surface area contributed by atoms with Crippen molar-refractivity contribution in [1.29, 1.82) is 0 Å². The SMILES string of the molecule is CCCCCCCCCC(C)CCCCC(=O)OC(CC(=O)[O-])C[N+](C)(C)C. The molecule has 0 aromatic heterocycles. The third-order valence-electron chi connectivity index (χ3n) is 5.07. The minimum atomic E-state index is -1.18. The van der Waals surface area contributed by atoms with Gasteiger partial charge in [0.25, 0.3) is 0 Å². The second-order valence-corrected chi connectivity index (χ2v) is 9.42. The first-order valence-corrected chi connectivity index (χ1v) is 11.3. The summed E-state index contributed by atoms with van der Waals surface area (Å²) in [5.41, 5.74) is 0. The van der Waals surface area contributed by atoms with E-state index in [9.17, 15) is 14.7 Å². The molecule has 0 aromatic carbocycles. The van der Waals surface area contributed by atoms with E-state index in [1.165, 1.54) is 51.4 Å². The highest BCUT2D eigenvalue weighted by molar-refractivity contribution is 5.70. The predicted octanol–water partition coefficient (Wildman–Crippen LogP) is 4.08. The zero-order chi connectivity index (χ0) is 21.4. The second-order valence-electron chi connectivity index (χ2n) is 9.42. The molecule has 0 saturated heterocycles. The fourth-order valence-corrected chi connectivity index (χ4v) is 3.54. The Balaban J connectivity index is 3.84. The van der Waals surface area contributed by atoms with Crippen molar-refractivity contribution < 1.29 is 23.9 Å². The minimum absolute atomic E-state index is 0.239. The topological polar surface area (TPSA) is 66.4 Å². The Bertz CT molecular complexity index is 417. The molecule has 0 spiro atoms. The van der Waals surface area contributed by atoms with Crippen molar-refractivity contribution in [3.8, 4) is 0 Å². The molecule has 0 bridgehead atoms. The van der Waals surface area contributed by atoms with E-state index in [4.69, 9.17) is 4.74 Å². The number of carbonyl (C=O) groups excluding carboxylic acids is 2.